The molecule has 3 heteroatoms. The van der Waals surface area contributed by atoms with Gasteiger partial charge in [-0.25, -0.2) is 0 Å². The third kappa shape index (κ3) is 4.40. The Morgan fingerprint density at radius 3 is 2.50 bits per heavy atom. The van der Waals surface area contributed by atoms with Crippen molar-refractivity contribution in [1.29, 1.82) is 0 Å². The number of aliphatic hydroxyl groups is 1. The van der Waals surface area contributed by atoms with Crippen molar-refractivity contribution in [2.45, 2.75) is 44.6 Å². The Labute approximate surface area is 87.3 Å². The van der Waals surface area contributed by atoms with Gasteiger partial charge in [0.2, 0.25) is 0 Å². The first-order valence-corrected chi connectivity index (χ1v) is 5.76. The molecule has 0 spiro atoms. The standard InChI is InChI=1S/C11H24N2O/c1-11(12,10-14)6-2-3-7-13-8-4-5-9-13/h14H,2-10,12H2,1H3. The van der Waals surface area contributed by atoms with Crippen LogP contribution in [-0.4, -0.2) is 41.8 Å². The molecule has 0 bridgehead atoms. The fourth-order valence-corrected chi connectivity index (χ4v) is 1.95. The first-order chi connectivity index (χ1) is 6.64. The lowest BCUT2D eigenvalue weighted by molar-refractivity contribution is 0.195. The minimum atomic E-state index is -0.370. The molecule has 0 aromatic carbocycles. The van der Waals surface area contributed by atoms with Crippen molar-refractivity contribution in [2.75, 3.05) is 26.2 Å². The van der Waals surface area contributed by atoms with Crippen molar-refractivity contribution < 1.29 is 5.11 Å². The number of aliphatic hydroxyl groups excluding tert-OH is 1. The van der Waals surface area contributed by atoms with Crippen molar-refractivity contribution in [3.05, 3.63) is 0 Å². The summed E-state index contributed by atoms with van der Waals surface area (Å²) in [6, 6.07) is 0. The topological polar surface area (TPSA) is 49.5 Å². The van der Waals surface area contributed by atoms with Crippen LogP contribution in [0.1, 0.15) is 39.0 Å². The average Bonchev–Trinajstić information content (AvgIpc) is 2.65. The van der Waals surface area contributed by atoms with Crippen molar-refractivity contribution in [3.63, 3.8) is 0 Å². The fourth-order valence-electron chi connectivity index (χ4n) is 1.95. The molecule has 1 heterocycles. The van der Waals surface area contributed by atoms with Gasteiger partial charge in [-0.15, -0.1) is 0 Å². The third-order valence-corrected chi connectivity index (χ3v) is 3.03. The van der Waals surface area contributed by atoms with Crippen LogP contribution in [-0.2, 0) is 0 Å². The maximum Gasteiger partial charge on any atom is 0.0608 e. The second-order valence-electron chi connectivity index (χ2n) is 4.82. The molecule has 1 unspecified atom stereocenters. The first-order valence-electron chi connectivity index (χ1n) is 5.76. The van der Waals surface area contributed by atoms with Gasteiger partial charge >= 0.3 is 0 Å². The molecular formula is C11H24N2O. The maximum atomic E-state index is 8.97. The van der Waals surface area contributed by atoms with Gasteiger partial charge in [-0.05, 0) is 52.2 Å². The molecule has 0 saturated carbocycles. The van der Waals surface area contributed by atoms with Crippen LogP contribution < -0.4 is 5.73 Å². The third-order valence-electron chi connectivity index (χ3n) is 3.03. The summed E-state index contributed by atoms with van der Waals surface area (Å²) in [5, 5.41) is 8.97. The summed E-state index contributed by atoms with van der Waals surface area (Å²) in [5.74, 6) is 0. The summed E-state index contributed by atoms with van der Waals surface area (Å²) < 4.78 is 0. The normalized spacial score (nSPS) is 22.5. The van der Waals surface area contributed by atoms with Gasteiger partial charge < -0.3 is 15.7 Å². The highest BCUT2D eigenvalue weighted by molar-refractivity contribution is 4.77. The molecule has 0 radical (unpaired) electrons. The largest absolute Gasteiger partial charge is 0.394 e. The molecule has 84 valence electrons. The first kappa shape index (κ1) is 12.0. The van der Waals surface area contributed by atoms with Crippen LogP contribution >= 0.6 is 0 Å². The lowest BCUT2D eigenvalue weighted by Gasteiger charge is -2.22. The number of hydrogen-bond donors (Lipinski definition) is 2. The Balaban J connectivity index is 1.98. The number of likely N-dealkylation sites (tertiary alicyclic amines) is 1. The lowest BCUT2D eigenvalue weighted by Crippen LogP contribution is -2.40. The number of nitrogens with zero attached hydrogens (tertiary/aromatic N) is 1. The van der Waals surface area contributed by atoms with Gasteiger partial charge in [0.1, 0.15) is 0 Å². The van der Waals surface area contributed by atoms with E-state index in [-0.39, 0.29) is 12.1 Å². The van der Waals surface area contributed by atoms with Gasteiger partial charge in [0, 0.05) is 5.54 Å². The van der Waals surface area contributed by atoms with E-state index in [4.69, 9.17) is 10.8 Å². The molecule has 1 fully saturated rings. The van der Waals surface area contributed by atoms with Crippen LogP contribution in [0.3, 0.4) is 0 Å². The molecule has 0 aromatic heterocycles. The van der Waals surface area contributed by atoms with Crippen LogP contribution in [0.4, 0.5) is 0 Å². The van der Waals surface area contributed by atoms with E-state index in [1.54, 1.807) is 0 Å². The Kier molecular flexibility index (Phi) is 4.85. The molecule has 3 N–H and O–H groups in total. The second kappa shape index (κ2) is 5.69. The van der Waals surface area contributed by atoms with Crippen molar-refractivity contribution in [2.24, 2.45) is 5.73 Å². The summed E-state index contributed by atoms with van der Waals surface area (Å²) in [6.45, 7) is 5.78. The summed E-state index contributed by atoms with van der Waals surface area (Å²) in [7, 11) is 0. The molecule has 1 aliphatic rings. The van der Waals surface area contributed by atoms with E-state index in [1.807, 2.05) is 6.92 Å². The van der Waals surface area contributed by atoms with E-state index < -0.39 is 0 Å². The molecule has 1 saturated heterocycles. The maximum absolute atomic E-state index is 8.97. The molecular weight excluding hydrogens is 176 g/mol. The molecule has 14 heavy (non-hydrogen) atoms. The van der Waals surface area contributed by atoms with Gasteiger partial charge in [0.15, 0.2) is 0 Å². The van der Waals surface area contributed by atoms with Gasteiger partial charge in [-0.3, -0.25) is 0 Å². The zero-order valence-electron chi connectivity index (χ0n) is 9.34. The van der Waals surface area contributed by atoms with Crippen LogP contribution in [0.2, 0.25) is 0 Å². The molecule has 0 amide bonds. The Morgan fingerprint density at radius 2 is 1.93 bits per heavy atom. The number of rotatable bonds is 6. The monoisotopic (exact) mass is 200 g/mol. The fraction of sp³-hybridized carbons (Fsp3) is 1.00. The highest BCUT2D eigenvalue weighted by Gasteiger charge is 2.16. The van der Waals surface area contributed by atoms with Crippen molar-refractivity contribution in [3.8, 4) is 0 Å². The number of nitrogens with two attached hydrogens (primary N) is 1. The highest BCUT2D eigenvalue weighted by atomic mass is 16.3. The average molecular weight is 200 g/mol. The van der Waals surface area contributed by atoms with Gasteiger partial charge in [-0.2, -0.15) is 0 Å². The molecule has 1 rings (SSSR count). The summed E-state index contributed by atoms with van der Waals surface area (Å²) in [5.41, 5.74) is 5.48. The van der Waals surface area contributed by atoms with E-state index in [1.165, 1.54) is 38.9 Å². The van der Waals surface area contributed by atoms with E-state index in [0.29, 0.717) is 0 Å². The van der Waals surface area contributed by atoms with Crippen LogP contribution in [0.15, 0.2) is 0 Å². The predicted molar refractivity (Wildman–Crippen MR) is 59.2 cm³/mol. The van der Waals surface area contributed by atoms with Crippen LogP contribution in [0, 0.1) is 0 Å². The van der Waals surface area contributed by atoms with Gasteiger partial charge in [0.25, 0.3) is 0 Å². The summed E-state index contributed by atoms with van der Waals surface area (Å²) in [6.07, 6.45) is 6.00. The Morgan fingerprint density at radius 1 is 1.29 bits per heavy atom. The molecule has 1 atom stereocenters. The zero-order chi connectivity index (χ0) is 10.4. The van der Waals surface area contributed by atoms with E-state index in [9.17, 15) is 0 Å². The Bertz CT molecular complexity index is 153. The molecule has 0 aromatic rings. The minimum Gasteiger partial charge on any atom is -0.394 e. The molecule has 1 aliphatic heterocycles. The summed E-state index contributed by atoms with van der Waals surface area (Å²) in [4.78, 5) is 2.52. The quantitative estimate of drug-likeness (QED) is 0.628. The van der Waals surface area contributed by atoms with Crippen molar-refractivity contribution in [1.82, 2.24) is 4.90 Å². The zero-order valence-corrected chi connectivity index (χ0v) is 9.34. The molecule has 0 aliphatic carbocycles. The van der Waals surface area contributed by atoms with E-state index in [2.05, 4.69) is 4.90 Å². The minimum absolute atomic E-state index is 0.0940. The van der Waals surface area contributed by atoms with E-state index in [0.717, 1.165) is 12.8 Å². The predicted octanol–water partition coefficient (Wildman–Crippen LogP) is 0.962. The highest BCUT2D eigenvalue weighted by Crippen LogP contribution is 2.12. The van der Waals surface area contributed by atoms with Gasteiger partial charge in [0.05, 0.1) is 6.61 Å². The van der Waals surface area contributed by atoms with Crippen LogP contribution in [0.5, 0.6) is 0 Å². The Hall–Kier alpha value is -0.120. The SMILES string of the molecule is CC(N)(CO)CCCCN1CCCC1. The number of hydrogen-bond acceptors (Lipinski definition) is 3. The smallest absolute Gasteiger partial charge is 0.0608 e. The number of unbranched alkanes of at least 4 members (excludes halogenated alkanes) is 1. The van der Waals surface area contributed by atoms with E-state index >= 15 is 0 Å². The van der Waals surface area contributed by atoms with Gasteiger partial charge in [-0.1, -0.05) is 6.42 Å². The second-order valence-corrected chi connectivity index (χ2v) is 4.82. The van der Waals surface area contributed by atoms with Crippen LogP contribution in [0.25, 0.3) is 0 Å². The summed E-state index contributed by atoms with van der Waals surface area (Å²) >= 11 is 0. The van der Waals surface area contributed by atoms with Crippen molar-refractivity contribution >= 4 is 0 Å². The molecule has 3 nitrogen and oxygen atoms in total. The lowest BCUT2D eigenvalue weighted by atomic mass is 9.97.